The van der Waals surface area contributed by atoms with Crippen LogP contribution in [0.3, 0.4) is 0 Å². The van der Waals surface area contributed by atoms with Crippen LogP contribution in [0.1, 0.15) is 11.6 Å². The average molecular weight is 235 g/mol. The number of nitrogens with one attached hydrogen (secondary N) is 1. The van der Waals surface area contributed by atoms with Crippen LogP contribution in [0.4, 0.5) is 0 Å². The van der Waals surface area contributed by atoms with Crippen LogP contribution < -0.4 is 11.3 Å². The topological polar surface area (TPSA) is 67.6 Å². The number of hydrogen-bond donors (Lipinski definition) is 2. The van der Waals surface area contributed by atoms with Gasteiger partial charge in [-0.1, -0.05) is 30.3 Å². The predicted molar refractivity (Wildman–Crippen MR) is 63.9 cm³/mol. The van der Waals surface area contributed by atoms with Gasteiger partial charge in [0.05, 0.1) is 13.2 Å². The number of carbonyl (C=O) groups excluding carboxylic acids is 1. The molecule has 3 N–H and O–H groups in total. The predicted octanol–water partition coefficient (Wildman–Crippen LogP) is 0.0498. The number of nitrogens with zero attached hydrogens (tertiary/aromatic N) is 1. The van der Waals surface area contributed by atoms with Crippen LogP contribution in [0, 0.1) is 0 Å². The molecule has 0 radical (unpaired) electrons. The summed E-state index contributed by atoms with van der Waals surface area (Å²) in [5, 5.41) is 0. The number of hydrazine groups is 1. The molecule has 5 heteroatoms. The third kappa shape index (κ3) is 2.82. The van der Waals surface area contributed by atoms with Crippen molar-refractivity contribution in [3.63, 3.8) is 0 Å². The van der Waals surface area contributed by atoms with Gasteiger partial charge in [0, 0.05) is 13.1 Å². The zero-order valence-electron chi connectivity index (χ0n) is 9.63. The molecule has 0 saturated carbocycles. The van der Waals surface area contributed by atoms with E-state index in [2.05, 4.69) is 10.3 Å². The first-order valence-corrected chi connectivity index (χ1v) is 5.70. The maximum absolute atomic E-state index is 11.9. The SMILES string of the molecule is NNC(=O)C(c1ccccc1)N1CCOCC1. The third-order valence-electron chi connectivity index (χ3n) is 2.92. The fourth-order valence-corrected chi connectivity index (χ4v) is 2.08. The minimum Gasteiger partial charge on any atom is -0.379 e. The molecule has 0 bridgehead atoms. The summed E-state index contributed by atoms with van der Waals surface area (Å²) in [6.07, 6.45) is 0. The number of ether oxygens (including phenoxy) is 1. The summed E-state index contributed by atoms with van der Waals surface area (Å²) in [5.41, 5.74) is 3.20. The number of carbonyl (C=O) groups is 1. The van der Waals surface area contributed by atoms with Gasteiger partial charge in [-0.2, -0.15) is 0 Å². The molecule has 92 valence electrons. The molecule has 1 aromatic rings. The highest BCUT2D eigenvalue weighted by Gasteiger charge is 2.28. The van der Waals surface area contributed by atoms with Gasteiger partial charge in [-0.25, -0.2) is 5.84 Å². The Bertz CT molecular complexity index is 363. The van der Waals surface area contributed by atoms with Crippen molar-refractivity contribution in [2.24, 2.45) is 5.84 Å². The lowest BCUT2D eigenvalue weighted by atomic mass is 10.0. The van der Waals surface area contributed by atoms with Gasteiger partial charge in [-0.05, 0) is 5.56 Å². The molecule has 1 aromatic carbocycles. The van der Waals surface area contributed by atoms with Crippen molar-refractivity contribution in [2.45, 2.75) is 6.04 Å². The quantitative estimate of drug-likeness (QED) is 0.441. The second kappa shape index (κ2) is 5.77. The Morgan fingerprint density at radius 1 is 1.29 bits per heavy atom. The highest BCUT2D eigenvalue weighted by molar-refractivity contribution is 5.82. The lowest BCUT2D eigenvalue weighted by Gasteiger charge is -2.33. The highest BCUT2D eigenvalue weighted by Crippen LogP contribution is 2.21. The van der Waals surface area contributed by atoms with E-state index in [-0.39, 0.29) is 11.9 Å². The van der Waals surface area contributed by atoms with Crippen LogP contribution in [-0.2, 0) is 9.53 Å². The van der Waals surface area contributed by atoms with Crippen molar-refractivity contribution in [1.29, 1.82) is 0 Å². The number of nitrogens with two attached hydrogens (primary N) is 1. The molecule has 1 aliphatic rings. The van der Waals surface area contributed by atoms with Gasteiger partial charge in [-0.15, -0.1) is 0 Å². The average Bonchev–Trinajstić information content (AvgIpc) is 2.41. The van der Waals surface area contributed by atoms with Crippen molar-refractivity contribution in [2.75, 3.05) is 26.3 Å². The minimum absolute atomic E-state index is 0.182. The molecule has 2 rings (SSSR count). The fourth-order valence-electron chi connectivity index (χ4n) is 2.08. The van der Waals surface area contributed by atoms with Crippen LogP contribution in [0.25, 0.3) is 0 Å². The molecule has 1 saturated heterocycles. The monoisotopic (exact) mass is 235 g/mol. The molecule has 1 atom stereocenters. The maximum Gasteiger partial charge on any atom is 0.255 e. The van der Waals surface area contributed by atoms with Crippen molar-refractivity contribution < 1.29 is 9.53 Å². The van der Waals surface area contributed by atoms with E-state index in [1.54, 1.807) is 0 Å². The van der Waals surface area contributed by atoms with Crippen molar-refractivity contribution >= 4 is 5.91 Å². The van der Waals surface area contributed by atoms with Crippen molar-refractivity contribution in [3.8, 4) is 0 Å². The van der Waals surface area contributed by atoms with Gasteiger partial charge in [-0.3, -0.25) is 15.1 Å². The van der Waals surface area contributed by atoms with E-state index < -0.39 is 0 Å². The highest BCUT2D eigenvalue weighted by atomic mass is 16.5. The van der Waals surface area contributed by atoms with Gasteiger partial charge < -0.3 is 4.74 Å². The summed E-state index contributed by atoms with van der Waals surface area (Å²) in [6.45, 7) is 2.79. The van der Waals surface area contributed by atoms with Crippen molar-refractivity contribution in [3.05, 3.63) is 35.9 Å². The molecule has 1 amide bonds. The molecule has 1 aliphatic heterocycles. The van der Waals surface area contributed by atoms with E-state index in [0.717, 1.165) is 18.7 Å². The fraction of sp³-hybridized carbons (Fsp3) is 0.417. The molecule has 1 heterocycles. The van der Waals surface area contributed by atoms with Crippen LogP contribution in [0.5, 0.6) is 0 Å². The smallest absolute Gasteiger partial charge is 0.255 e. The number of morpholine rings is 1. The summed E-state index contributed by atoms with van der Waals surface area (Å²) in [6, 6.07) is 9.33. The molecule has 17 heavy (non-hydrogen) atoms. The molecule has 1 unspecified atom stereocenters. The lowest BCUT2D eigenvalue weighted by Crippen LogP contribution is -2.47. The molecular weight excluding hydrogens is 218 g/mol. The van der Waals surface area contributed by atoms with Gasteiger partial charge in [0.1, 0.15) is 6.04 Å². The molecule has 1 fully saturated rings. The van der Waals surface area contributed by atoms with Crippen LogP contribution in [0.15, 0.2) is 30.3 Å². The summed E-state index contributed by atoms with van der Waals surface area (Å²) in [7, 11) is 0. The Hall–Kier alpha value is -1.43. The van der Waals surface area contributed by atoms with Gasteiger partial charge >= 0.3 is 0 Å². The zero-order chi connectivity index (χ0) is 12.1. The number of benzene rings is 1. The first-order chi connectivity index (χ1) is 8.33. The molecule has 0 aliphatic carbocycles. The number of hydrogen-bond acceptors (Lipinski definition) is 4. The zero-order valence-corrected chi connectivity index (χ0v) is 9.63. The molecule has 0 aromatic heterocycles. The Kier molecular flexibility index (Phi) is 4.08. The summed E-state index contributed by atoms with van der Waals surface area (Å²) in [5.74, 6) is 5.08. The summed E-state index contributed by atoms with van der Waals surface area (Å²) >= 11 is 0. The van der Waals surface area contributed by atoms with Crippen LogP contribution in [0.2, 0.25) is 0 Å². The van der Waals surface area contributed by atoms with Gasteiger partial charge in [0.25, 0.3) is 5.91 Å². The third-order valence-corrected chi connectivity index (χ3v) is 2.92. The number of rotatable bonds is 3. The second-order valence-corrected chi connectivity index (χ2v) is 3.97. The molecule has 5 nitrogen and oxygen atoms in total. The standard InChI is InChI=1S/C12H17N3O2/c13-14-12(16)11(10-4-2-1-3-5-10)15-6-8-17-9-7-15/h1-5,11H,6-9,13H2,(H,14,16). The van der Waals surface area contributed by atoms with E-state index in [0.29, 0.717) is 13.2 Å². The Morgan fingerprint density at radius 2 is 1.94 bits per heavy atom. The largest absolute Gasteiger partial charge is 0.379 e. The normalized spacial score (nSPS) is 18.6. The summed E-state index contributed by atoms with van der Waals surface area (Å²) < 4.78 is 5.29. The van der Waals surface area contributed by atoms with E-state index >= 15 is 0 Å². The Labute approximate surface area is 101 Å². The molecular formula is C12H17N3O2. The maximum atomic E-state index is 11.9. The van der Waals surface area contributed by atoms with Gasteiger partial charge in [0.2, 0.25) is 0 Å². The molecule has 0 spiro atoms. The number of amides is 1. The van der Waals surface area contributed by atoms with Crippen LogP contribution >= 0.6 is 0 Å². The van der Waals surface area contributed by atoms with Gasteiger partial charge in [0.15, 0.2) is 0 Å². The van der Waals surface area contributed by atoms with Crippen LogP contribution in [-0.4, -0.2) is 37.1 Å². The van der Waals surface area contributed by atoms with Crippen molar-refractivity contribution in [1.82, 2.24) is 10.3 Å². The first-order valence-electron chi connectivity index (χ1n) is 5.70. The van der Waals surface area contributed by atoms with E-state index in [1.807, 2.05) is 30.3 Å². The summed E-state index contributed by atoms with van der Waals surface area (Å²) in [4.78, 5) is 14.0. The first kappa shape index (κ1) is 12.0. The second-order valence-electron chi connectivity index (χ2n) is 3.97. The van der Waals surface area contributed by atoms with E-state index in [4.69, 9.17) is 10.6 Å². The van der Waals surface area contributed by atoms with E-state index in [9.17, 15) is 4.79 Å². The Balaban J connectivity index is 2.21. The lowest BCUT2D eigenvalue weighted by molar-refractivity contribution is -0.128. The minimum atomic E-state index is -0.329. The Morgan fingerprint density at radius 3 is 2.53 bits per heavy atom. The van der Waals surface area contributed by atoms with E-state index in [1.165, 1.54) is 0 Å².